The average molecular weight is 406 g/mol. The molecule has 0 aromatic carbocycles. The minimum atomic E-state index is -0.481. The quantitative estimate of drug-likeness (QED) is 0.529. The van der Waals surface area contributed by atoms with E-state index in [1.54, 1.807) is 13.1 Å². The fraction of sp³-hybridized carbons (Fsp3) is 0.350. The summed E-state index contributed by atoms with van der Waals surface area (Å²) in [7, 11) is 1.78. The molecule has 0 bridgehead atoms. The monoisotopic (exact) mass is 406 g/mol. The van der Waals surface area contributed by atoms with Crippen LogP contribution in [0.15, 0.2) is 30.5 Å². The van der Waals surface area contributed by atoms with E-state index in [0.29, 0.717) is 35.6 Å². The second-order valence-electron chi connectivity index (χ2n) is 7.61. The summed E-state index contributed by atoms with van der Waals surface area (Å²) in [5, 5.41) is 13.6. The van der Waals surface area contributed by atoms with Gasteiger partial charge in [-0.2, -0.15) is 0 Å². The van der Waals surface area contributed by atoms with Gasteiger partial charge in [-0.25, -0.2) is 14.5 Å². The maximum absolute atomic E-state index is 12.8. The predicted molar refractivity (Wildman–Crippen MR) is 111 cm³/mol. The smallest absolute Gasteiger partial charge is 0.272 e. The zero-order valence-corrected chi connectivity index (χ0v) is 16.7. The Balaban J connectivity index is 1.41. The van der Waals surface area contributed by atoms with Crippen LogP contribution in [0.5, 0.6) is 0 Å². The van der Waals surface area contributed by atoms with E-state index in [2.05, 4.69) is 31.0 Å². The number of aromatic nitrogens is 4. The van der Waals surface area contributed by atoms with Crippen molar-refractivity contribution in [2.24, 2.45) is 0 Å². The summed E-state index contributed by atoms with van der Waals surface area (Å²) in [5.41, 5.74) is 2.37. The number of β-lactam (4-membered cyclic amide) rings is 1. The van der Waals surface area contributed by atoms with Gasteiger partial charge in [0.15, 0.2) is 17.2 Å². The molecule has 0 spiro atoms. The van der Waals surface area contributed by atoms with Gasteiger partial charge < -0.3 is 20.9 Å². The van der Waals surface area contributed by atoms with Gasteiger partial charge in [-0.1, -0.05) is 6.07 Å². The van der Waals surface area contributed by atoms with Crippen molar-refractivity contribution in [2.75, 3.05) is 24.2 Å². The molecule has 10 nitrogen and oxygen atoms in total. The summed E-state index contributed by atoms with van der Waals surface area (Å²) >= 11 is 0. The van der Waals surface area contributed by atoms with Gasteiger partial charge in [0.05, 0.1) is 18.4 Å². The fourth-order valence-electron chi connectivity index (χ4n) is 3.62. The van der Waals surface area contributed by atoms with Crippen molar-refractivity contribution in [2.45, 2.75) is 31.8 Å². The lowest BCUT2D eigenvalue weighted by Crippen LogP contribution is -2.64. The third kappa shape index (κ3) is 3.19. The van der Waals surface area contributed by atoms with Crippen LogP contribution in [-0.4, -0.2) is 62.0 Å². The molecule has 2 amide bonds. The maximum atomic E-state index is 12.8. The molecule has 1 saturated heterocycles. The molecule has 10 heteroatoms. The van der Waals surface area contributed by atoms with Crippen LogP contribution in [0.3, 0.4) is 0 Å². The molecular formula is C20H22N8O2. The van der Waals surface area contributed by atoms with Crippen molar-refractivity contribution in [3.8, 4) is 0 Å². The second-order valence-corrected chi connectivity index (χ2v) is 7.61. The van der Waals surface area contributed by atoms with Crippen LogP contribution < -0.4 is 16.0 Å². The fourth-order valence-corrected chi connectivity index (χ4v) is 3.62. The van der Waals surface area contributed by atoms with Crippen molar-refractivity contribution < 1.29 is 9.59 Å². The molecule has 4 heterocycles. The third-order valence-electron chi connectivity index (χ3n) is 5.37. The Kier molecular flexibility index (Phi) is 4.27. The Bertz CT molecular complexity index is 1150. The zero-order valence-electron chi connectivity index (χ0n) is 16.7. The Hall–Kier alpha value is -3.69. The van der Waals surface area contributed by atoms with Gasteiger partial charge >= 0.3 is 0 Å². The SMILES string of the molecule is CNc1cc(Nc2cccc(C)n2)nn2c(C(=O)N[C@@H]3CN(C4CC4)C3=O)cnc12. The number of imidazole rings is 1. The van der Waals surface area contributed by atoms with E-state index >= 15 is 0 Å². The third-order valence-corrected chi connectivity index (χ3v) is 5.37. The number of hydrogen-bond acceptors (Lipinski definition) is 7. The van der Waals surface area contributed by atoms with Crippen LogP contribution in [0, 0.1) is 6.92 Å². The van der Waals surface area contributed by atoms with Crippen LogP contribution in [0.25, 0.3) is 5.65 Å². The largest absolute Gasteiger partial charge is 0.385 e. The van der Waals surface area contributed by atoms with E-state index in [9.17, 15) is 9.59 Å². The lowest BCUT2D eigenvalue weighted by atomic mass is 10.1. The van der Waals surface area contributed by atoms with Crippen molar-refractivity contribution in [1.82, 2.24) is 29.8 Å². The van der Waals surface area contributed by atoms with Crippen LogP contribution in [0.2, 0.25) is 0 Å². The number of anilines is 3. The minimum absolute atomic E-state index is 0.0172. The first-order chi connectivity index (χ1) is 14.5. The topological polar surface area (TPSA) is 117 Å². The van der Waals surface area contributed by atoms with Crippen molar-refractivity contribution in [3.63, 3.8) is 0 Å². The molecule has 1 aliphatic carbocycles. The summed E-state index contributed by atoms with van der Waals surface area (Å²) in [6.45, 7) is 2.47. The molecule has 1 atom stereocenters. The first-order valence-electron chi connectivity index (χ1n) is 9.92. The van der Waals surface area contributed by atoms with Crippen molar-refractivity contribution >= 4 is 34.8 Å². The lowest BCUT2D eigenvalue weighted by molar-refractivity contribution is -0.144. The molecule has 0 unspecified atom stereocenters. The Labute approximate surface area is 172 Å². The number of rotatable bonds is 6. The highest BCUT2D eigenvalue weighted by atomic mass is 16.2. The van der Waals surface area contributed by atoms with Gasteiger partial charge in [0.25, 0.3) is 5.91 Å². The molecule has 1 aliphatic heterocycles. The minimum Gasteiger partial charge on any atom is -0.385 e. The molecular weight excluding hydrogens is 384 g/mol. The predicted octanol–water partition coefficient (Wildman–Crippen LogP) is 1.32. The number of pyridine rings is 1. The van der Waals surface area contributed by atoms with E-state index in [0.717, 1.165) is 18.5 Å². The van der Waals surface area contributed by atoms with E-state index in [1.807, 2.05) is 30.0 Å². The lowest BCUT2D eigenvalue weighted by Gasteiger charge is -2.38. The van der Waals surface area contributed by atoms with Gasteiger partial charge in [0, 0.05) is 24.8 Å². The number of likely N-dealkylation sites (tertiary alicyclic amines) is 1. The first-order valence-corrected chi connectivity index (χ1v) is 9.92. The molecule has 30 heavy (non-hydrogen) atoms. The highest BCUT2D eigenvalue weighted by molar-refractivity contribution is 5.99. The number of carbonyl (C=O) groups is 2. The first kappa shape index (κ1) is 18.3. The number of amides is 2. The van der Waals surface area contributed by atoms with E-state index in [1.165, 1.54) is 10.7 Å². The van der Waals surface area contributed by atoms with Crippen molar-refractivity contribution in [1.29, 1.82) is 0 Å². The number of nitrogens with one attached hydrogen (secondary N) is 3. The van der Waals surface area contributed by atoms with Gasteiger partial charge in [-0.3, -0.25) is 9.59 Å². The number of nitrogens with zero attached hydrogens (tertiary/aromatic N) is 5. The molecule has 5 rings (SSSR count). The Morgan fingerprint density at radius 3 is 2.77 bits per heavy atom. The van der Waals surface area contributed by atoms with Gasteiger partial charge in [0.2, 0.25) is 5.91 Å². The molecule has 2 aliphatic rings. The van der Waals surface area contributed by atoms with Gasteiger partial charge in [-0.15, -0.1) is 5.10 Å². The van der Waals surface area contributed by atoms with Crippen LogP contribution in [0.4, 0.5) is 17.3 Å². The number of carbonyl (C=O) groups excluding carboxylic acids is 2. The number of fused-ring (bicyclic) bond motifs is 1. The Morgan fingerprint density at radius 1 is 1.23 bits per heavy atom. The summed E-state index contributed by atoms with van der Waals surface area (Å²) in [6, 6.07) is 7.34. The molecule has 1 saturated carbocycles. The molecule has 154 valence electrons. The van der Waals surface area contributed by atoms with Crippen LogP contribution in [0.1, 0.15) is 29.0 Å². The zero-order chi connectivity index (χ0) is 20.8. The van der Waals surface area contributed by atoms with Crippen LogP contribution in [-0.2, 0) is 4.79 Å². The summed E-state index contributed by atoms with van der Waals surface area (Å²) in [6.07, 6.45) is 3.58. The van der Waals surface area contributed by atoms with E-state index in [4.69, 9.17) is 0 Å². The molecule has 2 fully saturated rings. The van der Waals surface area contributed by atoms with E-state index in [-0.39, 0.29) is 17.5 Å². The summed E-state index contributed by atoms with van der Waals surface area (Å²) in [5.74, 6) is 0.764. The highest BCUT2D eigenvalue weighted by Crippen LogP contribution is 2.31. The molecule has 0 radical (unpaired) electrons. The average Bonchev–Trinajstić information content (AvgIpc) is 3.47. The van der Waals surface area contributed by atoms with Crippen molar-refractivity contribution in [3.05, 3.63) is 41.9 Å². The molecule has 3 N–H and O–H groups in total. The summed E-state index contributed by atoms with van der Waals surface area (Å²) < 4.78 is 1.47. The molecule has 3 aromatic heterocycles. The maximum Gasteiger partial charge on any atom is 0.272 e. The summed E-state index contributed by atoms with van der Waals surface area (Å²) in [4.78, 5) is 35.7. The van der Waals surface area contributed by atoms with Gasteiger partial charge in [-0.05, 0) is 31.9 Å². The second kappa shape index (κ2) is 6.97. The van der Waals surface area contributed by atoms with Gasteiger partial charge in [0.1, 0.15) is 11.9 Å². The van der Waals surface area contributed by atoms with Crippen LogP contribution >= 0.6 is 0 Å². The molecule has 3 aromatic rings. The number of aryl methyl sites for hydroxylation is 1. The standard InChI is InChI=1S/C20H22N8O2/c1-11-4-3-5-16(23-11)25-17-8-13(21-2)18-22-9-15(28(18)26-17)19(29)24-14-10-27(20(14)30)12-6-7-12/h3-5,8-9,12,14,21H,6-7,10H2,1-2H3,(H,24,29)(H,23,25,26)/t14-/m1/s1. The van der Waals surface area contributed by atoms with E-state index < -0.39 is 6.04 Å². The number of hydrogen-bond donors (Lipinski definition) is 3. The normalized spacial score (nSPS) is 18.3. The highest BCUT2D eigenvalue weighted by Gasteiger charge is 2.45. The Morgan fingerprint density at radius 2 is 2.07 bits per heavy atom.